The second kappa shape index (κ2) is 5.64. The summed E-state index contributed by atoms with van der Waals surface area (Å²) in [6, 6.07) is 7.79. The van der Waals surface area contributed by atoms with Crippen molar-refractivity contribution in [3.05, 3.63) is 68.3 Å². The van der Waals surface area contributed by atoms with Gasteiger partial charge in [0.05, 0.1) is 16.9 Å². The Morgan fingerprint density at radius 2 is 1.78 bits per heavy atom. The maximum atomic E-state index is 13.0. The molecule has 2 heterocycles. The predicted octanol–water partition coefficient (Wildman–Crippen LogP) is 3.37. The van der Waals surface area contributed by atoms with Gasteiger partial charge in [0, 0.05) is 18.1 Å². The van der Waals surface area contributed by atoms with Crippen LogP contribution in [0.5, 0.6) is 5.75 Å². The fourth-order valence-electron chi connectivity index (χ4n) is 4.10. The molecule has 1 fully saturated rings. The number of aryl methyl sites for hydroxylation is 2. The summed E-state index contributed by atoms with van der Waals surface area (Å²) < 4.78 is 11.2. The summed E-state index contributed by atoms with van der Waals surface area (Å²) in [6.07, 6.45) is -0.00127. The largest absolute Gasteiger partial charge is 0.441 e. The lowest BCUT2D eigenvalue weighted by atomic mass is 9.76. The van der Waals surface area contributed by atoms with Crippen LogP contribution >= 0.6 is 0 Å². The molecule has 0 N–H and O–H groups in total. The molecule has 1 saturated heterocycles. The van der Waals surface area contributed by atoms with E-state index in [4.69, 9.17) is 9.47 Å². The van der Waals surface area contributed by atoms with Crippen molar-refractivity contribution in [3.63, 3.8) is 0 Å². The summed E-state index contributed by atoms with van der Waals surface area (Å²) in [5.41, 5.74) is 2.19. The predicted molar refractivity (Wildman–Crippen MR) is 94.5 cm³/mol. The Morgan fingerprint density at radius 3 is 2.41 bits per heavy atom. The molecule has 0 bridgehead atoms. The van der Waals surface area contributed by atoms with Crippen LogP contribution in [0.25, 0.3) is 0 Å². The summed E-state index contributed by atoms with van der Waals surface area (Å²) >= 11 is 0. The fourth-order valence-corrected chi connectivity index (χ4v) is 4.10. The Hall–Kier alpha value is -3.22. The Bertz CT molecular complexity index is 1010. The molecule has 0 saturated carbocycles. The van der Waals surface area contributed by atoms with E-state index in [1.807, 2.05) is 26.8 Å². The van der Waals surface area contributed by atoms with Crippen molar-refractivity contribution < 1.29 is 24.0 Å². The van der Waals surface area contributed by atoms with Gasteiger partial charge in [-0.25, -0.2) is 4.79 Å². The normalized spacial score (nSPS) is 23.3. The van der Waals surface area contributed by atoms with Crippen LogP contribution in [0.15, 0.2) is 30.3 Å². The van der Waals surface area contributed by atoms with E-state index in [1.54, 1.807) is 12.1 Å². The molecule has 4 rings (SSSR count). The zero-order chi connectivity index (χ0) is 19.5. The van der Waals surface area contributed by atoms with Crippen molar-refractivity contribution in [2.24, 2.45) is 0 Å². The molecule has 1 spiro atoms. The van der Waals surface area contributed by atoms with E-state index >= 15 is 0 Å². The number of carbonyl (C=O) groups excluding carboxylic acids is 2. The van der Waals surface area contributed by atoms with Crippen LogP contribution in [0, 0.1) is 30.9 Å². The molecule has 0 amide bonds. The summed E-state index contributed by atoms with van der Waals surface area (Å²) in [6.45, 7) is 5.64. The van der Waals surface area contributed by atoms with Crippen LogP contribution in [0.1, 0.15) is 40.2 Å². The Kier molecular flexibility index (Phi) is 3.59. The second-order valence-corrected chi connectivity index (χ2v) is 7.04. The molecule has 0 aromatic heterocycles. The van der Waals surface area contributed by atoms with E-state index in [1.165, 1.54) is 12.1 Å². The van der Waals surface area contributed by atoms with Gasteiger partial charge in [-0.05, 0) is 43.0 Å². The third kappa shape index (κ3) is 2.27. The number of rotatable bonds is 2. The summed E-state index contributed by atoms with van der Waals surface area (Å²) in [7, 11) is 0. The lowest BCUT2D eigenvalue weighted by molar-refractivity contribution is -0.384. The fraction of sp³-hybridized carbons (Fsp3) is 0.300. The molecule has 2 aromatic rings. The molecule has 0 unspecified atom stereocenters. The Labute approximate surface area is 155 Å². The highest BCUT2D eigenvalue weighted by atomic mass is 16.6. The van der Waals surface area contributed by atoms with Crippen molar-refractivity contribution in [3.8, 4) is 5.75 Å². The molecule has 27 heavy (non-hydrogen) atoms. The van der Waals surface area contributed by atoms with E-state index in [2.05, 4.69) is 0 Å². The quantitative estimate of drug-likeness (QED) is 0.349. The number of benzene rings is 2. The molecule has 2 aliphatic heterocycles. The zero-order valence-electron chi connectivity index (χ0n) is 15.1. The van der Waals surface area contributed by atoms with Crippen molar-refractivity contribution in [1.82, 2.24) is 0 Å². The summed E-state index contributed by atoms with van der Waals surface area (Å²) in [5, 5.41) is 10.9. The maximum absolute atomic E-state index is 13.0. The van der Waals surface area contributed by atoms with Gasteiger partial charge >= 0.3 is 11.9 Å². The minimum absolute atomic E-state index is 0.00127. The van der Waals surface area contributed by atoms with Crippen LogP contribution in [-0.2, 0) is 19.9 Å². The molecule has 2 aromatic carbocycles. The Morgan fingerprint density at radius 1 is 1.11 bits per heavy atom. The minimum atomic E-state index is -1.55. The van der Waals surface area contributed by atoms with E-state index in [0.29, 0.717) is 16.9 Å². The number of esters is 2. The van der Waals surface area contributed by atoms with Gasteiger partial charge in [-0.15, -0.1) is 0 Å². The topological polar surface area (TPSA) is 95.7 Å². The number of nitro benzene ring substituents is 1. The lowest BCUT2D eigenvalue weighted by Crippen LogP contribution is -2.38. The number of carbonyl (C=O) groups is 2. The lowest BCUT2D eigenvalue weighted by Gasteiger charge is -2.27. The van der Waals surface area contributed by atoms with Gasteiger partial charge in [-0.3, -0.25) is 14.9 Å². The first-order valence-electron chi connectivity index (χ1n) is 8.55. The van der Waals surface area contributed by atoms with Crippen LogP contribution < -0.4 is 4.74 Å². The number of hydrogen-bond donors (Lipinski definition) is 0. The second-order valence-electron chi connectivity index (χ2n) is 7.04. The minimum Gasteiger partial charge on any atom is -0.441 e. The van der Waals surface area contributed by atoms with Crippen molar-refractivity contribution in [2.75, 3.05) is 0 Å². The highest BCUT2D eigenvalue weighted by Gasteiger charge is 2.63. The van der Waals surface area contributed by atoms with Crippen molar-refractivity contribution >= 4 is 17.6 Å². The smallest absolute Gasteiger partial charge is 0.361 e. The third-order valence-corrected chi connectivity index (χ3v) is 5.50. The molecular weight excluding hydrogens is 350 g/mol. The highest BCUT2D eigenvalue weighted by Crippen LogP contribution is 2.56. The van der Waals surface area contributed by atoms with E-state index in [0.717, 1.165) is 16.7 Å². The first-order valence-corrected chi connectivity index (χ1v) is 8.55. The number of non-ortho nitro benzene ring substituents is 1. The summed E-state index contributed by atoms with van der Waals surface area (Å²) in [4.78, 5) is 35.6. The molecular formula is C20H17NO6. The first kappa shape index (κ1) is 17.2. The van der Waals surface area contributed by atoms with Crippen LogP contribution in [0.2, 0.25) is 0 Å². The van der Waals surface area contributed by atoms with Gasteiger partial charge in [0.2, 0.25) is 5.60 Å². The number of fused-ring (bicyclic) bond motifs is 2. The average Bonchev–Trinajstić information content (AvgIpc) is 3.11. The number of nitro groups is 1. The van der Waals surface area contributed by atoms with E-state index < -0.39 is 28.4 Å². The van der Waals surface area contributed by atoms with Crippen molar-refractivity contribution in [1.29, 1.82) is 0 Å². The van der Waals surface area contributed by atoms with Gasteiger partial charge in [-0.2, -0.15) is 0 Å². The van der Waals surface area contributed by atoms with Crippen molar-refractivity contribution in [2.45, 2.75) is 38.7 Å². The van der Waals surface area contributed by atoms with Gasteiger partial charge in [0.25, 0.3) is 5.69 Å². The van der Waals surface area contributed by atoms with Gasteiger partial charge < -0.3 is 9.47 Å². The van der Waals surface area contributed by atoms with Crippen LogP contribution in [0.3, 0.4) is 0 Å². The molecule has 0 radical (unpaired) electrons. The SMILES string of the molecule is Cc1cc(C)c2c(c1C)OC(=O)[C@]21OC(=O)C[C@H]1c1ccc([N+](=O)[O-])cc1. The van der Waals surface area contributed by atoms with Crippen LogP contribution in [0.4, 0.5) is 5.69 Å². The average molecular weight is 367 g/mol. The molecule has 0 aliphatic carbocycles. The van der Waals surface area contributed by atoms with Gasteiger partial charge in [0.15, 0.2) is 0 Å². The molecule has 2 atom stereocenters. The number of nitrogens with zero attached hydrogens (tertiary/aromatic N) is 1. The summed E-state index contributed by atoms with van der Waals surface area (Å²) in [5.74, 6) is -1.29. The van der Waals surface area contributed by atoms with Gasteiger partial charge in [0.1, 0.15) is 5.75 Å². The first-order chi connectivity index (χ1) is 12.8. The monoisotopic (exact) mass is 367 g/mol. The molecule has 7 nitrogen and oxygen atoms in total. The maximum Gasteiger partial charge on any atom is 0.361 e. The third-order valence-electron chi connectivity index (χ3n) is 5.50. The molecule has 2 aliphatic rings. The van der Waals surface area contributed by atoms with Gasteiger partial charge in [-0.1, -0.05) is 18.2 Å². The zero-order valence-corrected chi connectivity index (χ0v) is 15.1. The van der Waals surface area contributed by atoms with Crippen LogP contribution in [-0.4, -0.2) is 16.9 Å². The standard InChI is InChI=1S/C20H17NO6/c1-10-8-11(2)17-18(12(10)3)26-19(23)20(17)15(9-16(22)27-20)13-4-6-14(7-5-13)21(24)25/h4-8,15H,9H2,1-3H3/t15-,20+/m0/s1. The Balaban J connectivity index is 1.92. The highest BCUT2D eigenvalue weighted by molar-refractivity contribution is 5.96. The van der Waals surface area contributed by atoms with E-state index in [9.17, 15) is 19.7 Å². The number of hydrogen-bond acceptors (Lipinski definition) is 6. The number of ether oxygens (including phenoxy) is 2. The molecule has 138 valence electrons. The molecule has 7 heteroatoms. The van der Waals surface area contributed by atoms with E-state index in [-0.39, 0.29) is 12.1 Å².